The smallest absolute Gasteiger partial charge is 0.307 e. The lowest BCUT2D eigenvalue weighted by molar-refractivity contribution is -0.155. The van der Waals surface area contributed by atoms with Crippen molar-refractivity contribution in [3.8, 4) is 5.75 Å². The van der Waals surface area contributed by atoms with E-state index in [2.05, 4.69) is 5.32 Å². The van der Waals surface area contributed by atoms with Crippen LogP contribution in [0.3, 0.4) is 0 Å². The summed E-state index contributed by atoms with van der Waals surface area (Å²) in [5, 5.41) is 2.78. The van der Waals surface area contributed by atoms with Crippen LogP contribution in [0.15, 0.2) is 48.5 Å². The number of benzene rings is 2. The highest BCUT2D eigenvalue weighted by Crippen LogP contribution is 2.29. The third-order valence-electron chi connectivity index (χ3n) is 4.98. The summed E-state index contributed by atoms with van der Waals surface area (Å²) in [4.78, 5) is 25.5. The van der Waals surface area contributed by atoms with Crippen LogP contribution in [0.25, 0.3) is 0 Å². The van der Waals surface area contributed by atoms with Gasteiger partial charge < -0.3 is 14.8 Å². The quantitative estimate of drug-likeness (QED) is 0.677. The van der Waals surface area contributed by atoms with Crippen molar-refractivity contribution >= 4 is 27.4 Å². The minimum Gasteiger partial charge on any atom is -0.495 e. The molecule has 0 spiro atoms. The standard InChI is InChI=1S/C22H25NO6S/c1-15-8-9-19(28-2)18(12-15)23-22(25)21(17-6-4-3-5-7-17)29-20(24)13-16-10-11-30(26,27)14-16/h3-9,12,16,21H,10-11,13-14H2,1-2H3,(H,23,25)/t16-,21+/m0/s1. The molecule has 0 unspecified atom stereocenters. The maximum Gasteiger partial charge on any atom is 0.307 e. The Morgan fingerprint density at radius 1 is 1.17 bits per heavy atom. The number of esters is 1. The van der Waals surface area contributed by atoms with Crippen molar-refractivity contribution in [2.75, 3.05) is 23.9 Å². The van der Waals surface area contributed by atoms with Gasteiger partial charge in [-0.05, 0) is 37.0 Å². The van der Waals surface area contributed by atoms with Crippen LogP contribution in [0.5, 0.6) is 5.75 Å². The minimum atomic E-state index is -3.09. The molecule has 1 aliphatic rings. The Balaban J connectivity index is 1.77. The molecule has 2 aromatic carbocycles. The zero-order valence-corrected chi connectivity index (χ0v) is 17.8. The van der Waals surface area contributed by atoms with Crippen LogP contribution in [0.2, 0.25) is 0 Å². The number of anilines is 1. The molecule has 1 N–H and O–H groups in total. The Morgan fingerprint density at radius 2 is 1.90 bits per heavy atom. The normalized spacial score (nSPS) is 18.4. The van der Waals surface area contributed by atoms with Gasteiger partial charge in [0.25, 0.3) is 5.91 Å². The first kappa shape index (κ1) is 21.8. The van der Waals surface area contributed by atoms with Gasteiger partial charge in [-0.2, -0.15) is 0 Å². The van der Waals surface area contributed by atoms with Gasteiger partial charge in [0, 0.05) is 12.0 Å². The highest BCUT2D eigenvalue weighted by Gasteiger charge is 2.32. The maximum atomic E-state index is 13.0. The summed E-state index contributed by atoms with van der Waals surface area (Å²) < 4.78 is 34.1. The molecule has 0 aromatic heterocycles. The van der Waals surface area contributed by atoms with Crippen molar-refractivity contribution in [1.82, 2.24) is 0 Å². The number of carbonyl (C=O) groups is 2. The molecule has 3 rings (SSSR count). The van der Waals surface area contributed by atoms with Crippen LogP contribution in [-0.4, -0.2) is 38.9 Å². The second-order valence-electron chi connectivity index (χ2n) is 7.45. The van der Waals surface area contributed by atoms with E-state index in [0.717, 1.165) is 5.56 Å². The maximum absolute atomic E-state index is 13.0. The van der Waals surface area contributed by atoms with Gasteiger partial charge in [-0.15, -0.1) is 0 Å². The lowest BCUT2D eigenvalue weighted by Gasteiger charge is -2.20. The molecule has 8 heteroatoms. The fourth-order valence-corrected chi connectivity index (χ4v) is 5.33. The van der Waals surface area contributed by atoms with Crippen LogP contribution in [-0.2, 0) is 24.2 Å². The zero-order valence-electron chi connectivity index (χ0n) is 17.0. The van der Waals surface area contributed by atoms with Crippen molar-refractivity contribution in [1.29, 1.82) is 0 Å². The number of hydrogen-bond acceptors (Lipinski definition) is 6. The number of ether oxygens (including phenoxy) is 2. The van der Waals surface area contributed by atoms with Crippen LogP contribution in [0, 0.1) is 12.8 Å². The fraction of sp³-hybridized carbons (Fsp3) is 0.364. The van der Waals surface area contributed by atoms with E-state index >= 15 is 0 Å². The summed E-state index contributed by atoms with van der Waals surface area (Å²) in [6, 6.07) is 14.1. The van der Waals surface area contributed by atoms with E-state index in [-0.39, 0.29) is 23.8 Å². The number of nitrogens with one attached hydrogen (secondary N) is 1. The molecular weight excluding hydrogens is 406 g/mol. The summed E-state index contributed by atoms with van der Waals surface area (Å²) in [5.41, 5.74) is 1.93. The average Bonchev–Trinajstić information content (AvgIpc) is 3.05. The topological polar surface area (TPSA) is 98.8 Å². The van der Waals surface area contributed by atoms with Crippen LogP contribution >= 0.6 is 0 Å². The second-order valence-corrected chi connectivity index (χ2v) is 9.68. The van der Waals surface area contributed by atoms with E-state index in [0.29, 0.717) is 23.4 Å². The van der Waals surface area contributed by atoms with Gasteiger partial charge in [0.1, 0.15) is 5.75 Å². The lowest BCUT2D eigenvalue weighted by Crippen LogP contribution is -2.27. The minimum absolute atomic E-state index is 0.0230. The number of aryl methyl sites for hydroxylation is 1. The van der Waals surface area contributed by atoms with E-state index in [1.165, 1.54) is 7.11 Å². The molecule has 1 fully saturated rings. The Morgan fingerprint density at radius 3 is 2.53 bits per heavy atom. The number of carbonyl (C=O) groups excluding carboxylic acids is 2. The van der Waals surface area contributed by atoms with Crippen molar-refractivity contribution in [3.63, 3.8) is 0 Å². The van der Waals surface area contributed by atoms with E-state index in [9.17, 15) is 18.0 Å². The first-order valence-corrected chi connectivity index (χ1v) is 11.5. The molecule has 160 valence electrons. The van der Waals surface area contributed by atoms with Crippen molar-refractivity contribution in [2.45, 2.75) is 25.9 Å². The monoisotopic (exact) mass is 431 g/mol. The largest absolute Gasteiger partial charge is 0.495 e. The molecule has 0 saturated carbocycles. The predicted molar refractivity (Wildman–Crippen MR) is 113 cm³/mol. The van der Waals surface area contributed by atoms with Crippen molar-refractivity contribution < 1.29 is 27.5 Å². The summed E-state index contributed by atoms with van der Waals surface area (Å²) in [6.07, 6.45) is -0.772. The molecule has 2 atom stereocenters. The molecule has 2 aromatic rings. The SMILES string of the molecule is COc1ccc(C)cc1NC(=O)[C@H](OC(=O)C[C@@H]1CCS(=O)(=O)C1)c1ccccc1. The molecule has 30 heavy (non-hydrogen) atoms. The molecule has 0 radical (unpaired) electrons. The number of amides is 1. The molecule has 1 aliphatic heterocycles. The summed E-state index contributed by atoms with van der Waals surface area (Å²) >= 11 is 0. The lowest BCUT2D eigenvalue weighted by atomic mass is 10.1. The van der Waals surface area contributed by atoms with Gasteiger partial charge in [0.05, 0.1) is 24.3 Å². The fourth-order valence-electron chi connectivity index (χ4n) is 3.47. The predicted octanol–water partition coefficient (Wildman–Crippen LogP) is 3.05. The van der Waals surface area contributed by atoms with Crippen LogP contribution in [0.1, 0.15) is 30.1 Å². The number of hydrogen-bond donors (Lipinski definition) is 1. The highest BCUT2D eigenvalue weighted by molar-refractivity contribution is 7.91. The molecule has 1 heterocycles. The number of sulfone groups is 1. The molecule has 1 amide bonds. The molecule has 7 nitrogen and oxygen atoms in total. The van der Waals surface area contributed by atoms with Gasteiger partial charge in [-0.25, -0.2) is 8.42 Å². The Hall–Kier alpha value is -2.87. The first-order chi connectivity index (χ1) is 14.3. The third kappa shape index (κ3) is 5.60. The van der Waals surface area contributed by atoms with Gasteiger partial charge in [0.15, 0.2) is 9.84 Å². The van der Waals surface area contributed by atoms with E-state index in [1.54, 1.807) is 42.5 Å². The zero-order chi connectivity index (χ0) is 21.7. The Kier molecular flexibility index (Phi) is 6.77. The second kappa shape index (κ2) is 9.30. The summed E-state index contributed by atoms with van der Waals surface area (Å²) in [5.74, 6) is -0.845. The molecular formula is C22H25NO6S. The van der Waals surface area contributed by atoms with E-state index in [1.807, 2.05) is 13.0 Å². The van der Waals surface area contributed by atoms with Crippen LogP contribution < -0.4 is 10.1 Å². The third-order valence-corrected chi connectivity index (χ3v) is 6.82. The molecule has 0 aliphatic carbocycles. The van der Waals surface area contributed by atoms with Crippen molar-refractivity contribution in [2.24, 2.45) is 5.92 Å². The number of rotatable bonds is 7. The van der Waals surface area contributed by atoms with E-state index < -0.39 is 27.8 Å². The van der Waals surface area contributed by atoms with Gasteiger partial charge in [-0.3, -0.25) is 9.59 Å². The summed E-state index contributed by atoms with van der Waals surface area (Å²) in [6.45, 7) is 1.89. The van der Waals surface area contributed by atoms with E-state index in [4.69, 9.17) is 9.47 Å². The molecule has 1 saturated heterocycles. The van der Waals surface area contributed by atoms with Gasteiger partial charge in [-0.1, -0.05) is 36.4 Å². The average molecular weight is 432 g/mol. The summed E-state index contributed by atoms with van der Waals surface area (Å²) in [7, 11) is -1.59. The van der Waals surface area contributed by atoms with Gasteiger partial charge >= 0.3 is 5.97 Å². The highest BCUT2D eigenvalue weighted by atomic mass is 32.2. The van der Waals surface area contributed by atoms with Gasteiger partial charge in [0.2, 0.25) is 6.10 Å². The molecule has 0 bridgehead atoms. The Bertz CT molecular complexity index is 1020. The first-order valence-electron chi connectivity index (χ1n) is 9.68. The number of methoxy groups -OCH3 is 1. The van der Waals surface area contributed by atoms with Crippen LogP contribution in [0.4, 0.5) is 5.69 Å². The Labute approximate surface area is 176 Å². The van der Waals surface area contributed by atoms with Crippen molar-refractivity contribution in [3.05, 3.63) is 59.7 Å².